The summed E-state index contributed by atoms with van der Waals surface area (Å²) in [5.41, 5.74) is 4.29. The van der Waals surface area contributed by atoms with Crippen LogP contribution in [0.3, 0.4) is 0 Å². The van der Waals surface area contributed by atoms with Crippen molar-refractivity contribution in [3.8, 4) is 5.75 Å². The van der Waals surface area contributed by atoms with Gasteiger partial charge in [-0.3, -0.25) is 4.79 Å². The van der Waals surface area contributed by atoms with E-state index in [-0.39, 0.29) is 6.61 Å². The molecule has 0 saturated carbocycles. The molecule has 0 unspecified atom stereocenters. The molecule has 9 nitrogen and oxygen atoms in total. The molecule has 0 radical (unpaired) electrons. The van der Waals surface area contributed by atoms with Crippen LogP contribution in [0.1, 0.15) is 32.1 Å². The van der Waals surface area contributed by atoms with E-state index in [2.05, 4.69) is 61.1 Å². The summed E-state index contributed by atoms with van der Waals surface area (Å²) in [5.74, 6) is 2.44. The van der Waals surface area contributed by atoms with Gasteiger partial charge in [0.2, 0.25) is 0 Å². The third kappa shape index (κ3) is 6.70. The van der Waals surface area contributed by atoms with Crippen molar-refractivity contribution in [2.24, 2.45) is 9.98 Å². The Kier molecular flexibility index (Phi) is 8.91. The highest BCUT2D eigenvalue weighted by molar-refractivity contribution is 5.91. The number of hydrogen-bond acceptors (Lipinski definition) is 9. The normalized spacial score (nSPS) is 17.5. The molecule has 35 heavy (non-hydrogen) atoms. The molecule has 3 aliphatic rings. The number of ether oxygens (including phenoxy) is 1. The number of carbonyl (C=O) groups is 1. The van der Waals surface area contributed by atoms with Crippen LogP contribution in [0.4, 0.5) is 11.4 Å². The molecule has 3 aliphatic heterocycles. The molecule has 9 heteroatoms. The van der Waals surface area contributed by atoms with Crippen LogP contribution in [-0.4, -0.2) is 76.8 Å². The zero-order valence-corrected chi connectivity index (χ0v) is 20.8. The van der Waals surface area contributed by atoms with Crippen molar-refractivity contribution in [1.29, 1.82) is 0 Å². The molecule has 3 N–H and O–H groups in total. The molecule has 1 fully saturated rings. The third-order valence-corrected chi connectivity index (χ3v) is 6.48. The highest BCUT2D eigenvalue weighted by atomic mass is 16.5. The van der Waals surface area contributed by atoms with Gasteiger partial charge in [-0.25, -0.2) is 9.98 Å². The predicted octanol–water partition coefficient (Wildman–Crippen LogP) is 2.74. The quantitative estimate of drug-likeness (QED) is 0.314. The minimum atomic E-state index is 0.0341. The lowest BCUT2D eigenvalue weighted by molar-refractivity contribution is -0.109. The van der Waals surface area contributed by atoms with Crippen molar-refractivity contribution in [2.45, 2.75) is 32.1 Å². The first-order valence-electron chi connectivity index (χ1n) is 12.5. The molecular weight excluding hydrogens is 442 g/mol. The number of nitrogens with one attached hydrogen (secondary N) is 3. The van der Waals surface area contributed by atoms with Crippen molar-refractivity contribution in [3.63, 3.8) is 0 Å². The smallest absolute Gasteiger partial charge is 0.157 e. The Labute approximate surface area is 208 Å². The maximum atomic E-state index is 11.0. The largest absolute Gasteiger partial charge is 0.484 e. The molecule has 1 aromatic carbocycles. The average Bonchev–Trinajstić information content (AvgIpc) is 3.33. The van der Waals surface area contributed by atoms with Crippen LogP contribution in [0, 0.1) is 0 Å². The van der Waals surface area contributed by atoms with Crippen LogP contribution in [-0.2, 0) is 4.79 Å². The highest BCUT2D eigenvalue weighted by Crippen LogP contribution is 2.35. The Morgan fingerprint density at radius 2 is 2.11 bits per heavy atom. The van der Waals surface area contributed by atoms with E-state index in [1.807, 2.05) is 13.1 Å². The second kappa shape index (κ2) is 12.5. The third-order valence-electron chi connectivity index (χ3n) is 6.48. The summed E-state index contributed by atoms with van der Waals surface area (Å²) in [6.45, 7) is 4.88. The number of anilines is 2. The molecule has 0 aromatic heterocycles. The van der Waals surface area contributed by atoms with Crippen molar-refractivity contribution >= 4 is 29.8 Å². The number of rotatable bonds is 12. The Morgan fingerprint density at radius 3 is 2.91 bits per heavy atom. The first-order chi connectivity index (χ1) is 17.2. The summed E-state index contributed by atoms with van der Waals surface area (Å²) in [7, 11) is 4.13. The van der Waals surface area contributed by atoms with Gasteiger partial charge in [-0.15, -0.1) is 0 Å². The van der Waals surface area contributed by atoms with Gasteiger partial charge < -0.3 is 30.5 Å². The molecule has 1 saturated heterocycles. The van der Waals surface area contributed by atoms with Crippen LogP contribution in [0.15, 0.2) is 51.4 Å². The maximum absolute atomic E-state index is 11.0. The van der Waals surface area contributed by atoms with Gasteiger partial charge in [0, 0.05) is 49.6 Å². The number of hydrogen-bond donors (Lipinski definition) is 3. The Balaban J connectivity index is 1.59. The fraction of sp³-hybridized carbons (Fsp3) is 0.500. The predicted molar refractivity (Wildman–Crippen MR) is 143 cm³/mol. The first-order valence-corrected chi connectivity index (χ1v) is 12.5. The summed E-state index contributed by atoms with van der Waals surface area (Å²) in [4.78, 5) is 24.8. The van der Waals surface area contributed by atoms with Gasteiger partial charge in [-0.05, 0) is 70.6 Å². The van der Waals surface area contributed by atoms with Gasteiger partial charge in [-0.2, -0.15) is 0 Å². The van der Waals surface area contributed by atoms with E-state index in [4.69, 9.17) is 4.74 Å². The van der Waals surface area contributed by atoms with E-state index in [0.29, 0.717) is 5.75 Å². The van der Waals surface area contributed by atoms with Gasteiger partial charge in [0.05, 0.1) is 5.69 Å². The molecule has 0 atom stereocenters. The lowest BCUT2D eigenvalue weighted by Crippen LogP contribution is -2.26. The van der Waals surface area contributed by atoms with Crippen molar-refractivity contribution in [2.75, 3.05) is 63.6 Å². The highest BCUT2D eigenvalue weighted by Gasteiger charge is 2.21. The molecular formula is C26H37N7O2. The molecule has 0 spiro atoms. The number of aliphatic imine (C=N–C) groups is 2. The molecule has 1 aromatic rings. The van der Waals surface area contributed by atoms with Crippen LogP contribution in [0.2, 0.25) is 0 Å². The van der Waals surface area contributed by atoms with Crippen LogP contribution in [0.25, 0.3) is 0 Å². The Bertz CT molecular complexity index is 1010. The topological polar surface area (TPSA) is 93.6 Å². The summed E-state index contributed by atoms with van der Waals surface area (Å²) in [6.07, 6.45) is 9.59. The molecule has 4 rings (SSSR count). The number of nitrogens with zero attached hydrogens (tertiary/aromatic N) is 4. The number of benzene rings is 1. The van der Waals surface area contributed by atoms with Gasteiger partial charge in [0.25, 0.3) is 0 Å². The van der Waals surface area contributed by atoms with Gasteiger partial charge in [0.1, 0.15) is 30.4 Å². The minimum Gasteiger partial charge on any atom is -0.484 e. The monoisotopic (exact) mass is 479 g/mol. The van der Waals surface area contributed by atoms with Crippen molar-refractivity contribution in [1.82, 2.24) is 15.5 Å². The fourth-order valence-electron chi connectivity index (χ4n) is 4.67. The van der Waals surface area contributed by atoms with Gasteiger partial charge in [0.15, 0.2) is 6.29 Å². The van der Waals surface area contributed by atoms with E-state index in [1.165, 1.54) is 24.0 Å². The van der Waals surface area contributed by atoms with E-state index in [9.17, 15) is 4.79 Å². The number of likely N-dealkylation sites (N-methyl/N-ethyl adjacent to an activating group) is 1. The lowest BCUT2D eigenvalue weighted by Gasteiger charge is -2.23. The second-order valence-corrected chi connectivity index (χ2v) is 9.14. The SMILES string of the molecule is CNCCCN(C)CC1=CNC2=NC=NC(Nc3ccc(N4CCCC4)c(OCC=O)c3)=C1CC2. The molecule has 0 aliphatic carbocycles. The zero-order chi connectivity index (χ0) is 24.5. The summed E-state index contributed by atoms with van der Waals surface area (Å²) in [5, 5.41) is 10.1. The molecule has 2 bridgehead atoms. The summed E-state index contributed by atoms with van der Waals surface area (Å²) in [6, 6.07) is 6.10. The van der Waals surface area contributed by atoms with Crippen LogP contribution in [0.5, 0.6) is 5.75 Å². The van der Waals surface area contributed by atoms with Crippen LogP contribution >= 0.6 is 0 Å². The molecule has 188 valence electrons. The fourth-order valence-corrected chi connectivity index (χ4v) is 4.67. The molecule has 3 heterocycles. The second-order valence-electron chi connectivity index (χ2n) is 9.14. The van der Waals surface area contributed by atoms with E-state index < -0.39 is 0 Å². The van der Waals surface area contributed by atoms with Crippen molar-refractivity contribution < 1.29 is 9.53 Å². The zero-order valence-electron chi connectivity index (χ0n) is 20.8. The lowest BCUT2D eigenvalue weighted by atomic mass is 10.0. The van der Waals surface area contributed by atoms with E-state index in [0.717, 1.165) is 81.3 Å². The molecule has 0 amide bonds. The Morgan fingerprint density at radius 1 is 1.26 bits per heavy atom. The van der Waals surface area contributed by atoms with Gasteiger partial charge in [-0.1, -0.05) is 0 Å². The van der Waals surface area contributed by atoms with Crippen LogP contribution < -0.4 is 25.6 Å². The number of carbonyl (C=O) groups excluding carboxylic acids is 1. The minimum absolute atomic E-state index is 0.0341. The van der Waals surface area contributed by atoms with Crippen molar-refractivity contribution in [3.05, 3.63) is 41.4 Å². The summed E-state index contributed by atoms with van der Waals surface area (Å²) >= 11 is 0. The number of aldehydes is 1. The number of amidine groups is 1. The standard InChI is InChI=1S/C26H37N7O2/c1-27-10-5-11-32(2)18-20-17-28-25-9-7-22(20)26(30-19-29-25)31-21-6-8-23(33-12-3-4-13-33)24(16-21)35-15-14-34/h6,8,14,16-17,19,27,31H,3-5,7,9-13,15,18H2,1-2H3,(H,28,29,30). The van der Waals surface area contributed by atoms with E-state index >= 15 is 0 Å². The maximum Gasteiger partial charge on any atom is 0.157 e. The van der Waals surface area contributed by atoms with Gasteiger partial charge >= 0.3 is 0 Å². The number of fused-ring (bicyclic) bond motifs is 3. The Hall–Kier alpha value is -3.17. The summed E-state index contributed by atoms with van der Waals surface area (Å²) < 4.78 is 5.82. The average molecular weight is 480 g/mol. The first kappa shape index (κ1) is 24.9. The van der Waals surface area contributed by atoms with E-state index in [1.54, 1.807) is 6.34 Å².